The van der Waals surface area contributed by atoms with Crippen LogP contribution in [0.15, 0.2) is 83.9 Å². The van der Waals surface area contributed by atoms with E-state index in [1.165, 1.54) is 0 Å². The highest BCUT2D eigenvalue weighted by Gasteiger charge is 2.18. The van der Waals surface area contributed by atoms with E-state index in [2.05, 4.69) is 10.3 Å². The molecule has 0 atom stereocenters. The van der Waals surface area contributed by atoms with E-state index in [0.29, 0.717) is 24.1 Å². The monoisotopic (exact) mass is 466 g/mol. The minimum Gasteiger partial charge on any atom is -0.497 e. The summed E-state index contributed by atoms with van der Waals surface area (Å²) >= 11 is 0. The van der Waals surface area contributed by atoms with Gasteiger partial charge in [0.25, 0.3) is 5.56 Å². The van der Waals surface area contributed by atoms with Crippen LogP contribution in [0.2, 0.25) is 0 Å². The third kappa shape index (κ3) is 4.53. The number of hydrogen-bond donors (Lipinski definition) is 1. The Morgan fingerprint density at radius 2 is 1.77 bits per heavy atom. The van der Waals surface area contributed by atoms with E-state index in [0.717, 1.165) is 33.3 Å². The zero-order chi connectivity index (χ0) is 24.4. The maximum atomic E-state index is 13.6. The van der Waals surface area contributed by atoms with Crippen LogP contribution in [-0.4, -0.2) is 27.1 Å². The summed E-state index contributed by atoms with van der Waals surface area (Å²) in [4.78, 5) is 31.2. The topological polar surface area (TPSA) is 78.2 Å². The first-order valence-corrected chi connectivity index (χ1v) is 11.4. The minimum atomic E-state index is -0.182. The fraction of sp³-hybridized carbons (Fsp3) is 0.179. The number of methoxy groups -OCH3 is 1. The van der Waals surface area contributed by atoms with Gasteiger partial charge in [-0.3, -0.25) is 14.2 Å². The average molecular weight is 467 g/mol. The van der Waals surface area contributed by atoms with Crippen molar-refractivity contribution in [3.05, 3.63) is 106 Å². The van der Waals surface area contributed by atoms with Crippen LogP contribution in [0.1, 0.15) is 16.7 Å². The van der Waals surface area contributed by atoms with E-state index >= 15 is 0 Å². The Morgan fingerprint density at radius 3 is 2.51 bits per heavy atom. The van der Waals surface area contributed by atoms with Crippen LogP contribution in [-0.2, 0) is 24.4 Å². The van der Waals surface area contributed by atoms with Crippen molar-refractivity contribution in [2.45, 2.75) is 26.6 Å². The summed E-state index contributed by atoms with van der Waals surface area (Å²) in [6.45, 7) is 2.81. The Kier molecular flexibility index (Phi) is 6.06. The second-order valence-electron chi connectivity index (χ2n) is 8.59. The first-order valence-electron chi connectivity index (χ1n) is 11.4. The molecular weight excluding hydrogens is 440 g/mol. The fourth-order valence-corrected chi connectivity index (χ4v) is 4.31. The number of fused-ring (bicyclic) bond motifs is 3. The Labute approximate surface area is 202 Å². The summed E-state index contributed by atoms with van der Waals surface area (Å²) in [7, 11) is 1.62. The Bertz CT molecular complexity index is 1570. The molecule has 176 valence electrons. The van der Waals surface area contributed by atoms with Gasteiger partial charge in [-0.15, -0.1) is 0 Å². The highest BCUT2D eigenvalue weighted by atomic mass is 16.5. The lowest BCUT2D eigenvalue weighted by atomic mass is 10.1. The molecule has 0 bridgehead atoms. The van der Waals surface area contributed by atoms with Gasteiger partial charge in [0, 0.05) is 11.9 Å². The van der Waals surface area contributed by atoms with Crippen LogP contribution in [0.25, 0.3) is 21.9 Å². The van der Waals surface area contributed by atoms with E-state index in [9.17, 15) is 9.59 Å². The smallest absolute Gasteiger partial charge is 0.278 e. The predicted octanol–water partition coefficient (Wildman–Crippen LogP) is 4.03. The lowest BCUT2D eigenvalue weighted by Gasteiger charge is -2.10. The van der Waals surface area contributed by atoms with Gasteiger partial charge in [0.2, 0.25) is 5.91 Å². The molecule has 0 aliphatic rings. The van der Waals surface area contributed by atoms with Gasteiger partial charge < -0.3 is 14.6 Å². The number of carbonyl (C=O) groups excluding carboxylic acids is 1. The Morgan fingerprint density at radius 1 is 1.00 bits per heavy atom. The molecule has 2 heterocycles. The minimum absolute atomic E-state index is 0.0193. The van der Waals surface area contributed by atoms with Crippen LogP contribution in [0, 0.1) is 6.92 Å². The molecule has 0 saturated carbocycles. The Balaban J connectivity index is 1.50. The Hall–Kier alpha value is -4.39. The quantitative estimate of drug-likeness (QED) is 0.393. The van der Waals surface area contributed by atoms with Crippen molar-refractivity contribution in [2.75, 3.05) is 7.11 Å². The normalized spacial score (nSPS) is 11.1. The molecule has 5 aromatic rings. The average Bonchev–Trinajstić information content (AvgIpc) is 3.18. The van der Waals surface area contributed by atoms with Crippen molar-refractivity contribution in [2.24, 2.45) is 0 Å². The number of nitrogens with zero attached hydrogens (tertiary/aromatic N) is 3. The third-order valence-electron chi connectivity index (χ3n) is 6.13. The van der Waals surface area contributed by atoms with E-state index in [1.807, 2.05) is 79.7 Å². The molecular formula is C28H26N4O3. The van der Waals surface area contributed by atoms with Crippen molar-refractivity contribution in [1.29, 1.82) is 0 Å². The zero-order valence-corrected chi connectivity index (χ0v) is 19.7. The van der Waals surface area contributed by atoms with Crippen molar-refractivity contribution < 1.29 is 9.53 Å². The number of hydrogen-bond acceptors (Lipinski definition) is 4. The highest BCUT2D eigenvalue weighted by Crippen LogP contribution is 2.26. The maximum absolute atomic E-state index is 13.6. The van der Waals surface area contributed by atoms with Crippen LogP contribution >= 0.6 is 0 Å². The van der Waals surface area contributed by atoms with Gasteiger partial charge in [0.05, 0.1) is 25.5 Å². The van der Waals surface area contributed by atoms with Gasteiger partial charge in [0.15, 0.2) is 0 Å². The molecule has 2 aromatic heterocycles. The molecule has 1 amide bonds. The number of ether oxygens (including phenoxy) is 1. The summed E-state index contributed by atoms with van der Waals surface area (Å²) in [5.41, 5.74) is 4.72. The molecule has 7 nitrogen and oxygen atoms in total. The third-order valence-corrected chi connectivity index (χ3v) is 6.13. The number of benzene rings is 3. The molecule has 0 fully saturated rings. The number of aromatic nitrogens is 3. The van der Waals surface area contributed by atoms with Crippen molar-refractivity contribution in [3.63, 3.8) is 0 Å². The molecule has 0 radical (unpaired) electrons. The van der Waals surface area contributed by atoms with Gasteiger partial charge in [-0.05, 0) is 42.3 Å². The second-order valence-corrected chi connectivity index (χ2v) is 8.59. The molecule has 0 aliphatic heterocycles. The SMILES string of the molecule is COc1ccc(CNC(=O)Cn2c3ccc(C)cc3c3ncn(Cc4ccccc4)c(=O)c32)cc1. The fourth-order valence-electron chi connectivity index (χ4n) is 4.31. The summed E-state index contributed by atoms with van der Waals surface area (Å²) in [5, 5.41) is 3.83. The van der Waals surface area contributed by atoms with Gasteiger partial charge in [-0.25, -0.2) is 4.98 Å². The lowest BCUT2D eigenvalue weighted by Crippen LogP contribution is -2.29. The first kappa shape index (κ1) is 22.4. The highest BCUT2D eigenvalue weighted by molar-refractivity contribution is 6.06. The van der Waals surface area contributed by atoms with E-state index in [-0.39, 0.29) is 18.0 Å². The molecule has 1 N–H and O–H groups in total. The number of carbonyl (C=O) groups is 1. The zero-order valence-electron chi connectivity index (χ0n) is 19.7. The molecule has 0 saturated heterocycles. The summed E-state index contributed by atoms with van der Waals surface area (Å²) in [6, 6.07) is 23.3. The van der Waals surface area contributed by atoms with E-state index in [1.54, 1.807) is 22.6 Å². The van der Waals surface area contributed by atoms with Gasteiger partial charge >= 0.3 is 0 Å². The molecule has 0 unspecified atom stereocenters. The first-order chi connectivity index (χ1) is 17.0. The van der Waals surface area contributed by atoms with E-state index in [4.69, 9.17) is 4.74 Å². The van der Waals surface area contributed by atoms with Crippen molar-refractivity contribution >= 4 is 27.8 Å². The number of aryl methyl sites for hydroxylation is 1. The summed E-state index contributed by atoms with van der Waals surface area (Å²) in [5.74, 6) is 0.581. The van der Waals surface area contributed by atoms with Crippen LogP contribution in [0.4, 0.5) is 0 Å². The molecule has 3 aromatic carbocycles. The van der Waals surface area contributed by atoms with Gasteiger partial charge in [-0.1, -0.05) is 54.1 Å². The van der Waals surface area contributed by atoms with Gasteiger partial charge in [0.1, 0.15) is 23.3 Å². The molecule has 0 spiro atoms. The number of amides is 1. The molecule has 5 rings (SSSR count). The molecule has 0 aliphatic carbocycles. The number of rotatable bonds is 7. The largest absolute Gasteiger partial charge is 0.497 e. The van der Waals surface area contributed by atoms with E-state index < -0.39 is 0 Å². The van der Waals surface area contributed by atoms with Crippen LogP contribution in [0.5, 0.6) is 5.75 Å². The predicted molar refractivity (Wildman–Crippen MR) is 137 cm³/mol. The lowest BCUT2D eigenvalue weighted by molar-refractivity contribution is -0.121. The maximum Gasteiger partial charge on any atom is 0.278 e. The van der Waals surface area contributed by atoms with Crippen LogP contribution < -0.4 is 15.6 Å². The molecule has 35 heavy (non-hydrogen) atoms. The summed E-state index contributed by atoms with van der Waals surface area (Å²) in [6.07, 6.45) is 1.59. The number of nitrogens with one attached hydrogen (secondary N) is 1. The van der Waals surface area contributed by atoms with Gasteiger partial charge in [-0.2, -0.15) is 0 Å². The second kappa shape index (κ2) is 9.46. The van der Waals surface area contributed by atoms with Crippen molar-refractivity contribution in [3.8, 4) is 5.75 Å². The standard InChI is InChI=1S/C28H26N4O3/c1-19-8-13-24-23(14-19)26-27(28(34)31(18-30-26)16-21-6-4-3-5-7-21)32(24)17-25(33)29-15-20-9-11-22(35-2)12-10-20/h3-14,18H,15-17H2,1-2H3,(H,29,33). The van der Waals surface area contributed by atoms with Crippen molar-refractivity contribution in [1.82, 2.24) is 19.4 Å². The molecule has 7 heteroatoms. The summed E-state index contributed by atoms with van der Waals surface area (Å²) < 4.78 is 8.56. The van der Waals surface area contributed by atoms with Crippen LogP contribution in [0.3, 0.4) is 0 Å².